The molecule has 2 rings (SSSR count). The molecule has 4 nitrogen and oxygen atoms in total. The molecule has 2 N–H and O–H groups in total. The van der Waals surface area contributed by atoms with Crippen molar-refractivity contribution in [1.82, 2.24) is 0 Å². The maximum Gasteiger partial charge on any atom is 0.308 e. The third-order valence-electron chi connectivity index (χ3n) is 4.37. The third kappa shape index (κ3) is 5.14. The monoisotopic (exact) mass is 366 g/mol. The van der Waals surface area contributed by atoms with Crippen molar-refractivity contribution in [3.63, 3.8) is 0 Å². The number of esters is 1. The van der Waals surface area contributed by atoms with Gasteiger partial charge in [0, 0.05) is 28.2 Å². The molecule has 0 aliphatic carbocycles. The lowest BCUT2D eigenvalue weighted by atomic mass is 9.79. The molecule has 0 saturated carbocycles. The Bertz CT molecular complexity index is 605. The maximum atomic E-state index is 11.5. The first-order valence-corrected chi connectivity index (χ1v) is 9.75. The van der Waals surface area contributed by atoms with Crippen molar-refractivity contribution in [2.45, 2.75) is 82.3 Å². The van der Waals surface area contributed by atoms with Crippen LogP contribution in [0.15, 0.2) is 17.0 Å². The number of aromatic hydroxyl groups is 1. The Kier molecular flexibility index (Phi) is 5.79. The van der Waals surface area contributed by atoms with Crippen LogP contribution < -0.4 is 0 Å². The van der Waals surface area contributed by atoms with E-state index in [1.807, 2.05) is 12.1 Å². The smallest absolute Gasteiger partial charge is 0.308 e. The second-order valence-electron chi connectivity index (χ2n) is 8.88. The normalized spacial score (nSPS) is 22.0. The van der Waals surface area contributed by atoms with Crippen LogP contribution in [0.3, 0.4) is 0 Å². The van der Waals surface area contributed by atoms with E-state index in [0.717, 1.165) is 16.0 Å². The van der Waals surface area contributed by atoms with Crippen LogP contribution in [0, 0.1) is 0 Å². The van der Waals surface area contributed by atoms with Crippen LogP contribution in [0.4, 0.5) is 0 Å². The van der Waals surface area contributed by atoms with Crippen molar-refractivity contribution in [3.05, 3.63) is 23.3 Å². The van der Waals surface area contributed by atoms with Crippen LogP contribution in [-0.2, 0) is 20.4 Å². The van der Waals surface area contributed by atoms with E-state index in [0.29, 0.717) is 17.9 Å². The Morgan fingerprint density at radius 3 is 2.08 bits per heavy atom. The van der Waals surface area contributed by atoms with Crippen molar-refractivity contribution in [3.8, 4) is 5.75 Å². The number of carbonyl (C=O) groups is 1. The fourth-order valence-corrected chi connectivity index (χ4v) is 3.97. The van der Waals surface area contributed by atoms with Gasteiger partial charge in [-0.25, -0.2) is 0 Å². The van der Waals surface area contributed by atoms with E-state index in [1.165, 1.54) is 0 Å². The van der Waals surface area contributed by atoms with Gasteiger partial charge in [-0.05, 0) is 23.0 Å². The van der Waals surface area contributed by atoms with E-state index in [-0.39, 0.29) is 29.3 Å². The molecule has 140 valence electrons. The summed E-state index contributed by atoms with van der Waals surface area (Å²) in [7, 11) is 0. The van der Waals surface area contributed by atoms with Crippen LogP contribution in [-0.4, -0.2) is 34.1 Å². The fourth-order valence-electron chi connectivity index (χ4n) is 2.99. The van der Waals surface area contributed by atoms with E-state index in [9.17, 15) is 15.0 Å². The number of hydrogen-bond acceptors (Lipinski definition) is 5. The first-order valence-electron chi connectivity index (χ1n) is 8.76. The molecule has 2 atom stereocenters. The zero-order chi connectivity index (χ0) is 19.0. The highest BCUT2D eigenvalue weighted by atomic mass is 32.2. The van der Waals surface area contributed by atoms with Gasteiger partial charge in [0.05, 0.1) is 12.5 Å². The van der Waals surface area contributed by atoms with Gasteiger partial charge >= 0.3 is 5.97 Å². The Hall–Kier alpha value is -1.20. The van der Waals surface area contributed by atoms with E-state index in [2.05, 4.69) is 41.5 Å². The summed E-state index contributed by atoms with van der Waals surface area (Å²) in [4.78, 5) is 12.5. The number of benzene rings is 1. The molecule has 0 bridgehead atoms. The standard InChI is InChI=1S/C20H30O4S/c1-19(2,3)15-9-14(10-16(18(15)23)20(4,5)6)25-11-13-7-12(21)8-17(22)24-13/h9-10,12-13,21,23H,7-8,11H2,1-6H3/t12-,13+/m1/s1. The van der Waals surface area contributed by atoms with Crippen molar-refractivity contribution >= 4 is 17.7 Å². The minimum atomic E-state index is -0.609. The van der Waals surface area contributed by atoms with Gasteiger partial charge in [-0.15, -0.1) is 11.8 Å². The van der Waals surface area contributed by atoms with E-state index in [4.69, 9.17) is 4.74 Å². The molecule has 25 heavy (non-hydrogen) atoms. The topological polar surface area (TPSA) is 66.8 Å². The number of rotatable bonds is 3. The molecule has 0 unspecified atom stereocenters. The number of phenols is 1. The first-order chi connectivity index (χ1) is 11.4. The summed E-state index contributed by atoms with van der Waals surface area (Å²) in [5.74, 6) is 0.630. The molecule has 1 aliphatic rings. The van der Waals surface area contributed by atoms with Crippen LogP contribution in [0.2, 0.25) is 0 Å². The van der Waals surface area contributed by atoms with Gasteiger partial charge in [-0.2, -0.15) is 0 Å². The van der Waals surface area contributed by atoms with Crippen molar-refractivity contribution < 1.29 is 19.7 Å². The molecule has 0 amide bonds. The molecular weight excluding hydrogens is 336 g/mol. The quantitative estimate of drug-likeness (QED) is 0.621. The summed E-state index contributed by atoms with van der Waals surface area (Å²) in [6.07, 6.45) is -0.314. The van der Waals surface area contributed by atoms with Gasteiger partial charge in [-0.1, -0.05) is 41.5 Å². The molecule has 1 aromatic rings. The minimum Gasteiger partial charge on any atom is -0.507 e. The number of cyclic esters (lactones) is 1. The molecule has 0 aromatic heterocycles. The second-order valence-corrected chi connectivity index (χ2v) is 9.98. The number of thioether (sulfide) groups is 1. The maximum absolute atomic E-state index is 11.5. The largest absolute Gasteiger partial charge is 0.507 e. The fraction of sp³-hybridized carbons (Fsp3) is 0.650. The molecule has 5 heteroatoms. The van der Waals surface area contributed by atoms with Gasteiger partial charge in [0.2, 0.25) is 0 Å². The Balaban J connectivity index is 2.27. The van der Waals surface area contributed by atoms with Crippen molar-refractivity contribution in [2.75, 3.05) is 5.75 Å². The summed E-state index contributed by atoms with van der Waals surface area (Å²) >= 11 is 1.60. The van der Waals surface area contributed by atoms with Crippen LogP contribution in [0.1, 0.15) is 65.5 Å². The van der Waals surface area contributed by atoms with Gasteiger partial charge in [-0.3, -0.25) is 4.79 Å². The van der Waals surface area contributed by atoms with Gasteiger partial charge < -0.3 is 14.9 Å². The first kappa shape index (κ1) is 20.1. The second kappa shape index (κ2) is 7.20. The molecule has 0 radical (unpaired) electrons. The third-order valence-corrected chi connectivity index (χ3v) is 5.48. The number of carbonyl (C=O) groups excluding carboxylic acids is 1. The molecule has 1 fully saturated rings. The van der Waals surface area contributed by atoms with Gasteiger partial charge in [0.15, 0.2) is 0 Å². The predicted octanol–water partition coefficient (Wildman–Crippen LogP) is 4.15. The molecule has 1 saturated heterocycles. The number of hydrogen-bond donors (Lipinski definition) is 2. The molecule has 1 aromatic carbocycles. The van der Waals surface area contributed by atoms with Crippen molar-refractivity contribution in [1.29, 1.82) is 0 Å². The highest BCUT2D eigenvalue weighted by molar-refractivity contribution is 7.99. The molecule has 1 heterocycles. The minimum absolute atomic E-state index is 0.0860. The lowest BCUT2D eigenvalue weighted by Gasteiger charge is -2.29. The lowest BCUT2D eigenvalue weighted by Crippen LogP contribution is -2.33. The summed E-state index contributed by atoms with van der Waals surface area (Å²) in [6, 6.07) is 4.05. The highest BCUT2D eigenvalue weighted by Crippen LogP contribution is 2.42. The highest BCUT2D eigenvalue weighted by Gasteiger charge is 2.29. The van der Waals surface area contributed by atoms with Gasteiger partial charge in [0.1, 0.15) is 11.9 Å². The van der Waals surface area contributed by atoms with Crippen LogP contribution in [0.25, 0.3) is 0 Å². The molecular formula is C20H30O4S. The number of aliphatic hydroxyl groups is 1. The molecule has 0 spiro atoms. The van der Waals surface area contributed by atoms with Crippen LogP contribution in [0.5, 0.6) is 5.75 Å². The van der Waals surface area contributed by atoms with Crippen molar-refractivity contribution in [2.24, 2.45) is 0 Å². The Morgan fingerprint density at radius 1 is 1.12 bits per heavy atom. The SMILES string of the molecule is CC(C)(C)c1cc(SC[C@@H]2C[C@@H](O)CC(=O)O2)cc(C(C)(C)C)c1O. The summed E-state index contributed by atoms with van der Waals surface area (Å²) in [5, 5.41) is 20.5. The average molecular weight is 367 g/mol. The molecule has 1 aliphatic heterocycles. The average Bonchev–Trinajstić information content (AvgIpc) is 2.42. The summed E-state index contributed by atoms with van der Waals surface area (Å²) in [5.41, 5.74) is 1.49. The summed E-state index contributed by atoms with van der Waals surface area (Å²) < 4.78 is 5.33. The summed E-state index contributed by atoms with van der Waals surface area (Å²) in [6.45, 7) is 12.5. The van der Waals surface area contributed by atoms with Crippen LogP contribution >= 0.6 is 11.8 Å². The van der Waals surface area contributed by atoms with E-state index >= 15 is 0 Å². The van der Waals surface area contributed by atoms with E-state index in [1.54, 1.807) is 11.8 Å². The number of phenolic OH excluding ortho intramolecular Hbond substituents is 1. The zero-order valence-electron chi connectivity index (χ0n) is 16.0. The Morgan fingerprint density at radius 2 is 1.64 bits per heavy atom. The van der Waals surface area contributed by atoms with E-state index < -0.39 is 6.10 Å². The Labute approximate surface area is 155 Å². The number of aliphatic hydroxyl groups excluding tert-OH is 1. The van der Waals surface area contributed by atoms with Gasteiger partial charge in [0.25, 0.3) is 0 Å². The predicted molar refractivity (Wildman–Crippen MR) is 101 cm³/mol. The zero-order valence-corrected chi connectivity index (χ0v) is 16.9. The number of ether oxygens (including phenoxy) is 1. The lowest BCUT2D eigenvalue weighted by molar-refractivity contribution is -0.158.